The molecule has 0 bridgehead atoms. The van der Waals surface area contributed by atoms with Gasteiger partial charge in [0.2, 0.25) is 0 Å². The van der Waals surface area contributed by atoms with E-state index in [1.165, 1.54) is 0 Å². The zero-order valence-electron chi connectivity index (χ0n) is 12.6. The van der Waals surface area contributed by atoms with Gasteiger partial charge in [0.1, 0.15) is 5.92 Å². The van der Waals surface area contributed by atoms with Crippen molar-refractivity contribution in [2.24, 2.45) is 11.8 Å². The largest absolute Gasteiger partial charge is 0.469 e. The Morgan fingerprint density at radius 1 is 1.18 bits per heavy atom. The standard InChI is InChI=1S/C17H21ClF2O2/c1-22-17(21)15(16(19)20)14(11-5-3-2-4-6-11)12-7-9-13(18)10-8-12/h7-11,14-16H,2-6H2,1H3. The highest BCUT2D eigenvalue weighted by Crippen LogP contribution is 2.43. The molecule has 1 saturated carbocycles. The van der Waals surface area contributed by atoms with Gasteiger partial charge in [-0.2, -0.15) is 0 Å². The molecule has 1 aliphatic rings. The van der Waals surface area contributed by atoms with Crippen LogP contribution < -0.4 is 0 Å². The summed E-state index contributed by atoms with van der Waals surface area (Å²) in [5, 5.41) is 0.554. The molecule has 1 fully saturated rings. The van der Waals surface area contributed by atoms with E-state index in [9.17, 15) is 13.6 Å². The third-order valence-electron chi connectivity index (χ3n) is 4.54. The summed E-state index contributed by atoms with van der Waals surface area (Å²) in [6.45, 7) is 0. The van der Waals surface area contributed by atoms with Gasteiger partial charge in [-0.05, 0) is 36.5 Å². The molecule has 0 aromatic heterocycles. The summed E-state index contributed by atoms with van der Waals surface area (Å²) in [5.41, 5.74) is 0.743. The predicted octanol–water partition coefficient (Wildman–Crippen LogP) is 5.06. The topological polar surface area (TPSA) is 26.3 Å². The second-order valence-corrected chi connectivity index (χ2v) is 6.30. The van der Waals surface area contributed by atoms with Gasteiger partial charge in [0.15, 0.2) is 0 Å². The van der Waals surface area contributed by atoms with Crippen LogP contribution >= 0.6 is 11.6 Å². The SMILES string of the molecule is COC(=O)C(C(F)F)C(c1ccc(Cl)cc1)C1CCCCC1. The summed E-state index contributed by atoms with van der Waals surface area (Å²) < 4.78 is 31.8. The van der Waals surface area contributed by atoms with Crippen molar-refractivity contribution in [3.05, 3.63) is 34.9 Å². The molecule has 122 valence electrons. The molecular weight excluding hydrogens is 310 g/mol. The molecule has 0 aliphatic heterocycles. The second-order valence-electron chi connectivity index (χ2n) is 5.86. The molecular formula is C17H21ClF2O2. The number of rotatable bonds is 5. The molecule has 1 aromatic rings. The van der Waals surface area contributed by atoms with Crippen LogP contribution in [-0.4, -0.2) is 19.5 Å². The molecule has 2 atom stereocenters. The van der Waals surface area contributed by atoms with E-state index in [2.05, 4.69) is 4.74 Å². The van der Waals surface area contributed by atoms with Gasteiger partial charge in [-0.3, -0.25) is 4.79 Å². The quantitative estimate of drug-likeness (QED) is 0.705. The normalized spacial score (nSPS) is 19.0. The van der Waals surface area contributed by atoms with Crippen molar-refractivity contribution in [3.63, 3.8) is 0 Å². The Bertz CT molecular complexity index is 484. The van der Waals surface area contributed by atoms with Crippen LogP contribution in [0.3, 0.4) is 0 Å². The lowest BCUT2D eigenvalue weighted by Crippen LogP contribution is -2.35. The highest BCUT2D eigenvalue weighted by Gasteiger charge is 2.42. The highest BCUT2D eigenvalue weighted by molar-refractivity contribution is 6.30. The van der Waals surface area contributed by atoms with Gasteiger partial charge < -0.3 is 4.74 Å². The van der Waals surface area contributed by atoms with Crippen molar-refractivity contribution >= 4 is 17.6 Å². The zero-order valence-corrected chi connectivity index (χ0v) is 13.4. The molecule has 0 heterocycles. The van der Waals surface area contributed by atoms with Crippen LogP contribution in [-0.2, 0) is 9.53 Å². The minimum absolute atomic E-state index is 0.0769. The maximum Gasteiger partial charge on any atom is 0.315 e. The number of benzene rings is 1. The van der Waals surface area contributed by atoms with Gasteiger partial charge in [0.25, 0.3) is 6.43 Å². The Morgan fingerprint density at radius 3 is 2.27 bits per heavy atom. The Morgan fingerprint density at radius 2 is 1.77 bits per heavy atom. The summed E-state index contributed by atoms with van der Waals surface area (Å²) in [4.78, 5) is 11.9. The van der Waals surface area contributed by atoms with E-state index in [1.807, 2.05) is 0 Å². The fourth-order valence-corrected chi connectivity index (χ4v) is 3.62. The van der Waals surface area contributed by atoms with E-state index in [4.69, 9.17) is 11.6 Å². The fraction of sp³-hybridized carbons (Fsp3) is 0.588. The third-order valence-corrected chi connectivity index (χ3v) is 4.80. The summed E-state index contributed by atoms with van der Waals surface area (Å²) >= 11 is 5.89. The van der Waals surface area contributed by atoms with Crippen LogP contribution in [0.5, 0.6) is 0 Å². The maximum absolute atomic E-state index is 13.6. The maximum atomic E-state index is 13.6. The first-order chi connectivity index (χ1) is 10.5. The highest BCUT2D eigenvalue weighted by atomic mass is 35.5. The number of halogens is 3. The number of methoxy groups -OCH3 is 1. The van der Waals surface area contributed by atoms with Crippen molar-refractivity contribution < 1.29 is 18.3 Å². The number of esters is 1. The molecule has 0 spiro atoms. The lowest BCUT2D eigenvalue weighted by molar-refractivity contribution is -0.153. The summed E-state index contributed by atoms with van der Waals surface area (Å²) in [6, 6.07) is 6.87. The van der Waals surface area contributed by atoms with Gasteiger partial charge in [0, 0.05) is 10.9 Å². The van der Waals surface area contributed by atoms with Crippen molar-refractivity contribution in [1.29, 1.82) is 0 Å². The number of carbonyl (C=O) groups is 1. The molecule has 0 N–H and O–H groups in total. The lowest BCUT2D eigenvalue weighted by atomic mass is 9.71. The summed E-state index contributed by atoms with van der Waals surface area (Å²) in [6.07, 6.45) is 2.16. The number of hydrogen-bond donors (Lipinski definition) is 0. The first-order valence-corrected chi connectivity index (χ1v) is 8.04. The van der Waals surface area contributed by atoms with Crippen molar-refractivity contribution in [1.82, 2.24) is 0 Å². The molecule has 1 aliphatic carbocycles. The average molecular weight is 331 g/mol. The van der Waals surface area contributed by atoms with Crippen LogP contribution in [0.25, 0.3) is 0 Å². The van der Waals surface area contributed by atoms with E-state index in [-0.39, 0.29) is 5.92 Å². The van der Waals surface area contributed by atoms with E-state index < -0.39 is 24.2 Å². The zero-order chi connectivity index (χ0) is 16.1. The van der Waals surface area contributed by atoms with Crippen LogP contribution in [0.15, 0.2) is 24.3 Å². The molecule has 2 rings (SSSR count). The Kier molecular flexibility index (Phi) is 6.18. The minimum Gasteiger partial charge on any atom is -0.469 e. The first-order valence-electron chi connectivity index (χ1n) is 7.66. The minimum atomic E-state index is -2.74. The molecule has 0 saturated heterocycles. The number of alkyl halides is 2. The smallest absolute Gasteiger partial charge is 0.315 e. The monoisotopic (exact) mass is 330 g/mol. The number of ether oxygens (including phenoxy) is 1. The van der Waals surface area contributed by atoms with E-state index >= 15 is 0 Å². The van der Waals surface area contributed by atoms with Crippen LogP contribution in [0.4, 0.5) is 8.78 Å². The van der Waals surface area contributed by atoms with Gasteiger partial charge in [-0.15, -0.1) is 0 Å². The summed E-state index contributed by atoms with van der Waals surface area (Å²) in [7, 11) is 1.16. The second kappa shape index (κ2) is 7.91. The Balaban J connectivity index is 2.38. The van der Waals surface area contributed by atoms with E-state index in [1.54, 1.807) is 24.3 Å². The van der Waals surface area contributed by atoms with Crippen molar-refractivity contribution in [3.8, 4) is 0 Å². The fourth-order valence-electron chi connectivity index (χ4n) is 3.49. The van der Waals surface area contributed by atoms with Gasteiger partial charge >= 0.3 is 5.97 Å². The molecule has 2 nitrogen and oxygen atoms in total. The lowest BCUT2D eigenvalue weighted by Gasteiger charge is -2.34. The Labute approximate surface area is 134 Å². The predicted molar refractivity (Wildman–Crippen MR) is 82.3 cm³/mol. The van der Waals surface area contributed by atoms with E-state index in [0.29, 0.717) is 5.02 Å². The molecule has 1 aromatic carbocycles. The Hall–Kier alpha value is -1.16. The summed E-state index contributed by atoms with van der Waals surface area (Å²) in [5.74, 6) is -2.70. The van der Waals surface area contributed by atoms with Crippen LogP contribution in [0.1, 0.15) is 43.6 Å². The average Bonchev–Trinajstić information content (AvgIpc) is 2.53. The number of hydrogen-bond acceptors (Lipinski definition) is 2. The van der Waals surface area contributed by atoms with Gasteiger partial charge in [-0.25, -0.2) is 8.78 Å². The molecule has 2 unspecified atom stereocenters. The van der Waals surface area contributed by atoms with Crippen LogP contribution in [0.2, 0.25) is 5.02 Å². The van der Waals surface area contributed by atoms with Crippen molar-refractivity contribution in [2.45, 2.75) is 44.4 Å². The third kappa shape index (κ3) is 3.97. The first kappa shape index (κ1) is 17.2. The molecule has 0 amide bonds. The molecule has 0 radical (unpaired) electrons. The van der Waals surface area contributed by atoms with Crippen molar-refractivity contribution in [2.75, 3.05) is 7.11 Å². The molecule has 5 heteroatoms. The van der Waals surface area contributed by atoms with Gasteiger partial charge in [-0.1, -0.05) is 43.0 Å². The molecule has 22 heavy (non-hydrogen) atoms. The van der Waals surface area contributed by atoms with E-state index in [0.717, 1.165) is 44.8 Å². The number of carbonyl (C=O) groups excluding carboxylic acids is 1. The van der Waals surface area contributed by atoms with Crippen LogP contribution in [0, 0.1) is 11.8 Å². The van der Waals surface area contributed by atoms with Gasteiger partial charge in [0.05, 0.1) is 7.11 Å².